The molecule has 1 atom stereocenters. The Hall–Kier alpha value is -3.93. The van der Waals surface area contributed by atoms with Gasteiger partial charge in [0, 0.05) is 5.56 Å². The first-order chi connectivity index (χ1) is 14.7. The van der Waals surface area contributed by atoms with Gasteiger partial charge in [0.25, 0.3) is 5.91 Å². The molecule has 1 N–H and O–H groups in total. The van der Waals surface area contributed by atoms with Gasteiger partial charge in [-0.2, -0.15) is 0 Å². The highest BCUT2D eigenvalue weighted by Gasteiger charge is 2.23. The van der Waals surface area contributed by atoms with Crippen LogP contribution in [0.3, 0.4) is 0 Å². The van der Waals surface area contributed by atoms with Gasteiger partial charge >= 0.3 is 0 Å². The molecule has 0 aliphatic rings. The quantitative estimate of drug-likeness (QED) is 0.501. The number of carbonyl (C=O) groups is 1. The van der Waals surface area contributed by atoms with Crippen LogP contribution in [-0.2, 0) is 4.79 Å². The number of carbonyl (C=O) groups excluding carboxylic acids is 1. The molecule has 0 aliphatic heterocycles. The molecule has 1 heterocycles. The van der Waals surface area contributed by atoms with Crippen molar-refractivity contribution in [2.45, 2.75) is 13.0 Å². The summed E-state index contributed by atoms with van der Waals surface area (Å²) in [4.78, 5) is 12.6. The van der Waals surface area contributed by atoms with Crippen LogP contribution >= 0.6 is 0 Å². The number of ether oxygens (including phenoxy) is 1. The Bertz CT molecular complexity index is 1110. The highest BCUT2D eigenvalue weighted by atomic mass is 16.5. The Morgan fingerprint density at radius 2 is 1.60 bits per heavy atom. The third-order valence-corrected chi connectivity index (χ3v) is 4.60. The minimum atomic E-state index is -0.580. The molecule has 6 heteroatoms. The Morgan fingerprint density at radius 1 is 0.933 bits per heavy atom. The van der Waals surface area contributed by atoms with Crippen LogP contribution in [0.4, 0.5) is 0 Å². The van der Waals surface area contributed by atoms with Crippen molar-refractivity contribution in [2.75, 3.05) is 6.61 Å². The van der Waals surface area contributed by atoms with Gasteiger partial charge in [0.1, 0.15) is 11.8 Å². The van der Waals surface area contributed by atoms with Crippen LogP contribution in [0.1, 0.15) is 23.1 Å². The maximum Gasteiger partial charge on any atom is 0.258 e. The Kier molecular flexibility index (Phi) is 5.85. The predicted octanol–water partition coefficient (Wildman–Crippen LogP) is 4.33. The summed E-state index contributed by atoms with van der Waals surface area (Å²) in [5, 5.41) is 11.3. The summed E-state index contributed by atoms with van der Waals surface area (Å²) >= 11 is 0. The molecule has 1 aromatic heterocycles. The van der Waals surface area contributed by atoms with Gasteiger partial charge in [0.2, 0.25) is 11.8 Å². The van der Waals surface area contributed by atoms with E-state index in [0.717, 1.165) is 16.7 Å². The van der Waals surface area contributed by atoms with Gasteiger partial charge in [-0.3, -0.25) is 4.79 Å². The summed E-state index contributed by atoms with van der Waals surface area (Å²) in [6.07, 6.45) is 0. The number of para-hydroxylation sites is 1. The van der Waals surface area contributed by atoms with Crippen molar-refractivity contribution >= 4 is 5.91 Å². The lowest BCUT2D eigenvalue weighted by Gasteiger charge is -2.16. The SMILES string of the molecule is Cc1ccccc1OCC(=O)NC(c1ccccc1)c1nnc(-c2ccccc2)o1. The lowest BCUT2D eigenvalue weighted by atomic mass is 10.1. The van der Waals surface area contributed by atoms with E-state index in [1.54, 1.807) is 0 Å². The number of hydrogen-bond acceptors (Lipinski definition) is 5. The zero-order valence-electron chi connectivity index (χ0n) is 16.5. The second kappa shape index (κ2) is 9.05. The topological polar surface area (TPSA) is 77.2 Å². The molecule has 6 nitrogen and oxygen atoms in total. The largest absolute Gasteiger partial charge is 0.484 e. The van der Waals surface area contributed by atoms with E-state index < -0.39 is 6.04 Å². The number of rotatable bonds is 7. The second-order valence-electron chi connectivity index (χ2n) is 6.78. The van der Waals surface area contributed by atoms with Gasteiger partial charge in [0.15, 0.2) is 6.61 Å². The maximum atomic E-state index is 12.6. The molecule has 30 heavy (non-hydrogen) atoms. The summed E-state index contributed by atoms with van der Waals surface area (Å²) in [7, 11) is 0. The third-order valence-electron chi connectivity index (χ3n) is 4.60. The zero-order chi connectivity index (χ0) is 20.8. The van der Waals surface area contributed by atoms with Crippen LogP contribution in [0.25, 0.3) is 11.5 Å². The third kappa shape index (κ3) is 4.55. The lowest BCUT2D eigenvalue weighted by molar-refractivity contribution is -0.123. The number of amides is 1. The number of nitrogens with one attached hydrogen (secondary N) is 1. The van der Waals surface area contributed by atoms with Crippen LogP contribution < -0.4 is 10.1 Å². The summed E-state index contributed by atoms with van der Waals surface area (Å²) in [6.45, 7) is 1.82. The van der Waals surface area contributed by atoms with E-state index in [4.69, 9.17) is 9.15 Å². The molecule has 0 bridgehead atoms. The normalized spacial score (nSPS) is 11.6. The minimum absolute atomic E-state index is 0.117. The zero-order valence-corrected chi connectivity index (χ0v) is 16.5. The Balaban J connectivity index is 1.53. The van der Waals surface area contributed by atoms with Crippen molar-refractivity contribution in [1.82, 2.24) is 15.5 Å². The average molecular weight is 399 g/mol. The fourth-order valence-corrected chi connectivity index (χ4v) is 3.05. The van der Waals surface area contributed by atoms with Gasteiger partial charge in [-0.15, -0.1) is 10.2 Å². The van der Waals surface area contributed by atoms with Crippen molar-refractivity contribution in [2.24, 2.45) is 0 Å². The number of nitrogens with zero attached hydrogens (tertiary/aromatic N) is 2. The molecule has 0 saturated carbocycles. The average Bonchev–Trinajstić information content (AvgIpc) is 3.28. The predicted molar refractivity (Wildman–Crippen MR) is 113 cm³/mol. The molecule has 0 radical (unpaired) electrons. The molecule has 4 aromatic rings. The summed E-state index contributed by atoms with van der Waals surface area (Å²) < 4.78 is 11.6. The first-order valence-electron chi connectivity index (χ1n) is 9.62. The molecule has 150 valence electrons. The van der Waals surface area contributed by atoms with Crippen LogP contribution in [0.2, 0.25) is 0 Å². The standard InChI is InChI=1S/C24H21N3O3/c1-17-10-8-9-15-20(17)29-16-21(28)25-22(18-11-4-2-5-12-18)24-27-26-23(30-24)19-13-6-3-7-14-19/h2-15,22H,16H2,1H3,(H,25,28). The van der Waals surface area contributed by atoms with E-state index in [1.165, 1.54) is 0 Å². The van der Waals surface area contributed by atoms with Gasteiger partial charge in [-0.25, -0.2) is 0 Å². The molecule has 0 spiro atoms. The molecule has 1 unspecified atom stereocenters. The van der Waals surface area contributed by atoms with E-state index >= 15 is 0 Å². The molecule has 0 aliphatic carbocycles. The highest BCUT2D eigenvalue weighted by Crippen LogP contribution is 2.25. The lowest BCUT2D eigenvalue weighted by Crippen LogP contribution is -2.33. The first kappa shape index (κ1) is 19.4. The Morgan fingerprint density at radius 3 is 2.33 bits per heavy atom. The first-order valence-corrected chi connectivity index (χ1v) is 9.62. The fourth-order valence-electron chi connectivity index (χ4n) is 3.05. The number of aryl methyl sites for hydroxylation is 1. The summed E-state index contributed by atoms with van der Waals surface area (Å²) in [5.41, 5.74) is 2.62. The van der Waals surface area contributed by atoms with E-state index in [2.05, 4.69) is 15.5 Å². The number of hydrogen-bond donors (Lipinski definition) is 1. The van der Waals surface area contributed by atoms with Gasteiger partial charge in [-0.05, 0) is 36.2 Å². The van der Waals surface area contributed by atoms with E-state index in [1.807, 2.05) is 91.9 Å². The van der Waals surface area contributed by atoms with Crippen molar-refractivity contribution in [3.63, 3.8) is 0 Å². The molecule has 4 rings (SSSR count). The van der Waals surface area contributed by atoms with Crippen molar-refractivity contribution in [3.05, 3.63) is 102 Å². The van der Waals surface area contributed by atoms with Crippen LogP contribution in [0, 0.1) is 6.92 Å². The maximum absolute atomic E-state index is 12.6. The molecule has 0 saturated heterocycles. The minimum Gasteiger partial charge on any atom is -0.484 e. The van der Waals surface area contributed by atoms with Crippen molar-refractivity contribution in [3.8, 4) is 17.2 Å². The molecular formula is C24H21N3O3. The molecule has 1 amide bonds. The van der Waals surface area contributed by atoms with Crippen LogP contribution in [-0.4, -0.2) is 22.7 Å². The van der Waals surface area contributed by atoms with Gasteiger partial charge in [0.05, 0.1) is 0 Å². The van der Waals surface area contributed by atoms with Crippen LogP contribution in [0.15, 0.2) is 89.3 Å². The van der Waals surface area contributed by atoms with E-state index in [9.17, 15) is 4.79 Å². The van der Waals surface area contributed by atoms with Crippen molar-refractivity contribution in [1.29, 1.82) is 0 Å². The van der Waals surface area contributed by atoms with Gasteiger partial charge < -0.3 is 14.5 Å². The van der Waals surface area contributed by atoms with Gasteiger partial charge in [-0.1, -0.05) is 66.7 Å². The number of aromatic nitrogens is 2. The highest BCUT2D eigenvalue weighted by molar-refractivity contribution is 5.78. The molecule has 0 fully saturated rings. The van der Waals surface area contributed by atoms with Crippen LogP contribution in [0.5, 0.6) is 5.75 Å². The fraction of sp³-hybridized carbons (Fsp3) is 0.125. The summed E-state index contributed by atoms with van der Waals surface area (Å²) in [6, 6.07) is 26.0. The van der Waals surface area contributed by atoms with E-state index in [0.29, 0.717) is 17.5 Å². The Labute approximate surface area is 174 Å². The monoisotopic (exact) mass is 399 g/mol. The molecule has 3 aromatic carbocycles. The van der Waals surface area contributed by atoms with E-state index in [-0.39, 0.29) is 12.5 Å². The summed E-state index contributed by atoms with van der Waals surface area (Å²) in [5.74, 6) is 1.10. The number of benzene rings is 3. The van der Waals surface area contributed by atoms with Crippen molar-refractivity contribution < 1.29 is 13.9 Å². The smallest absolute Gasteiger partial charge is 0.258 e. The molecular weight excluding hydrogens is 378 g/mol. The second-order valence-corrected chi connectivity index (χ2v) is 6.78.